The van der Waals surface area contributed by atoms with Gasteiger partial charge in [0.2, 0.25) is 0 Å². The van der Waals surface area contributed by atoms with Gasteiger partial charge in [-0.1, -0.05) is 32.9 Å². The summed E-state index contributed by atoms with van der Waals surface area (Å²) in [5.74, 6) is 0. The average molecular weight is 313 g/mol. The second-order valence-corrected chi connectivity index (χ2v) is 8.48. The number of anilines is 1. The minimum atomic E-state index is 0.234. The molecule has 0 aromatic heterocycles. The Labute approximate surface area is 141 Å². The Bertz CT molecular complexity index is 554. The quantitative estimate of drug-likeness (QED) is 0.688. The van der Waals surface area contributed by atoms with Crippen LogP contribution in [-0.2, 0) is 10.2 Å². The number of hydrogen-bond acceptors (Lipinski definition) is 2. The van der Waals surface area contributed by atoms with E-state index in [1.807, 2.05) is 6.26 Å². The van der Waals surface area contributed by atoms with Gasteiger partial charge in [-0.2, -0.15) is 0 Å². The zero-order chi connectivity index (χ0) is 16.5. The number of hydrogen-bond donors (Lipinski definition) is 0. The summed E-state index contributed by atoms with van der Waals surface area (Å²) in [6.45, 7) is 9.26. The Morgan fingerprint density at radius 2 is 1.70 bits per heavy atom. The van der Waals surface area contributed by atoms with E-state index >= 15 is 0 Å². The third kappa shape index (κ3) is 3.57. The lowest BCUT2D eigenvalue weighted by atomic mass is 9.72. The number of nitrogens with zero attached hydrogens (tertiary/aromatic N) is 1. The van der Waals surface area contributed by atoms with Crippen molar-refractivity contribution in [2.75, 3.05) is 25.1 Å². The van der Waals surface area contributed by atoms with Gasteiger partial charge < -0.3 is 9.64 Å². The molecule has 2 heteroatoms. The summed E-state index contributed by atoms with van der Waals surface area (Å²) >= 11 is 0. The summed E-state index contributed by atoms with van der Waals surface area (Å²) in [4.78, 5) is 2.59. The van der Waals surface area contributed by atoms with Crippen molar-refractivity contribution in [1.82, 2.24) is 0 Å². The molecular formula is C21H31NO. The van der Waals surface area contributed by atoms with Crippen molar-refractivity contribution in [2.24, 2.45) is 5.41 Å². The van der Waals surface area contributed by atoms with Crippen molar-refractivity contribution in [3.05, 3.63) is 41.7 Å². The highest BCUT2D eigenvalue weighted by Crippen LogP contribution is 2.46. The number of methoxy groups -OCH3 is 1. The third-order valence-electron chi connectivity index (χ3n) is 5.77. The number of ether oxygens (including phenoxy) is 1. The van der Waals surface area contributed by atoms with Gasteiger partial charge in [0.05, 0.1) is 13.4 Å². The molecule has 0 radical (unpaired) electrons. The Morgan fingerprint density at radius 1 is 1.04 bits per heavy atom. The monoisotopic (exact) mass is 313 g/mol. The molecule has 0 bridgehead atoms. The smallest absolute Gasteiger partial charge is 0.0816 e. The summed E-state index contributed by atoms with van der Waals surface area (Å²) in [5.41, 5.74) is 5.08. The zero-order valence-corrected chi connectivity index (χ0v) is 15.2. The minimum absolute atomic E-state index is 0.234. The molecule has 1 aromatic carbocycles. The van der Waals surface area contributed by atoms with Crippen LogP contribution in [0, 0.1) is 5.41 Å². The molecule has 0 amide bonds. The predicted molar refractivity (Wildman–Crippen MR) is 98.0 cm³/mol. The van der Waals surface area contributed by atoms with Crippen molar-refractivity contribution in [3.8, 4) is 0 Å². The molecule has 23 heavy (non-hydrogen) atoms. The summed E-state index contributed by atoms with van der Waals surface area (Å²) in [7, 11) is 1.76. The van der Waals surface area contributed by atoms with Crippen LogP contribution in [0.3, 0.4) is 0 Å². The van der Waals surface area contributed by atoms with Gasteiger partial charge in [0.15, 0.2) is 0 Å². The maximum Gasteiger partial charge on any atom is 0.0816 e. The Hall–Kier alpha value is -1.44. The molecule has 1 aliphatic heterocycles. The molecule has 1 aromatic rings. The van der Waals surface area contributed by atoms with Crippen LogP contribution >= 0.6 is 0 Å². The fourth-order valence-electron chi connectivity index (χ4n) is 4.12. The van der Waals surface area contributed by atoms with E-state index in [9.17, 15) is 0 Å². The highest BCUT2D eigenvalue weighted by Gasteiger charge is 2.39. The molecule has 126 valence electrons. The zero-order valence-electron chi connectivity index (χ0n) is 15.2. The lowest BCUT2D eigenvalue weighted by Crippen LogP contribution is -2.29. The second-order valence-electron chi connectivity index (χ2n) is 8.48. The molecule has 3 rings (SSSR count). The number of benzene rings is 1. The molecule has 2 aliphatic rings. The molecular weight excluding hydrogens is 282 g/mol. The standard InChI is InChI=1S/C21H31NO/c1-20(2,3)18-5-7-19(8-6-18)22-14-13-21(16-22)11-9-17(10-12-21)15-23-4/h5-8,15H,9-14,16H2,1-4H3. The molecule has 0 N–H and O–H groups in total. The van der Waals surface area contributed by atoms with Crippen LogP contribution in [0.5, 0.6) is 0 Å². The molecule has 0 atom stereocenters. The SMILES string of the molecule is COC=C1CCC2(CC1)CCN(c1ccc(C(C)(C)C)cc1)C2. The largest absolute Gasteiger partial charge is 0.504 e. The molecule has 2 nitrogen and oxygen atoms in total. The van der Waals surface area contributed by atoms with E-state index in [2.05, 4.69) is 49.9 Å². The lowest BCUT2D eigenvalue weighted by Gasteiger charge is -2.34. The summed E-state index contributed by atoms with van der Waals surface area (Å²) in [6, 6.07) is 9.25. The normalized spacial score (nSPS) is 25.0. The third-order valence-corrected chi connectivity index (χ3v) is 5.77. The van der Waals surface area contributed by atoms with Gasteiger partial charge in [-0.3, -0.25) is 0 Å². The summed E-state index contributed by atoms with van der Waals surface area (Å²) in [6.07, 6.45) is 8.37. The fourth-order valence-corrected chi connectivity index (χ4v) is 4.12. The van der Waals surface area contributed by atoms with E-state index < -0.39 is 0 Å². The van der Waals surface area contributed by atoms with E-state index in [1.54, 1.807) is 7.11 Å². The topological polar surface area (TPSA) is 12.5 Å². The molecule has 1 saturated carbocycles. The van der Waals surface area contributed by atoms with Gasteiger partial charge in [0.1, 0.15) is 0 Å². The highest BCUT2D eigenvalue weighted by atomic mass is 16.5. The predicted octanol–water partition coefficient (Wildman–Crippen LogP) is 5.28. The van der Waals surface area contributed by atoms with Crippen LogP contribution in [0.1, 0.15) is 58.4 Å². The average Bonchev–Trinajstić information content (AvgIpc) is 2.93. The first-order valence-corrected chi connectivity index (χ1v) is 8.98. The van der Waals surface area contributed by atoms with Crippen molar-refractivity contribution < 1.29 is 4.74 Å². The number of allylic oxidation sites excluding steroid dienone is 1. The lowest BCUT2D eigenvalue weighted by molar-refractivity contribution is 0.240. The molecule has 1 heterocycles. The summed E-state index contributed by atoms with van der Waals surface area (Å²) in [5, 5.41) is 0. The minimum Gasteiger partial charge on any atom is -0.504 e. The van der Waals surface area contributed by atoms with Crippen LogP contribution in [0.2, 0.25) is 0 Å². The first kappa shape index (κ1) is 16.4. The van der Waals surface area contributed by atoms with E-state index in [1.165, 1.54) is 62.0 Å². The van der Waals surface area contributed by atoms with Crippen LogP contribution in [0.15, 0.2) is 36.1 Å². The van der Waals surface area contributed by atoms with Crippen LogP contribution in [0.4, 0.5) is 5.69 Å². The van der Waals surface area contributed by atoms with Crippen LogP contribution < -0.4 is 4.90 Å². The van der Waals surface area contributed by atoms with E-state index in [0.717, 1.165) is 0 Å². The Kier molecular flexibility index (Phi) is 4.44. The van der Waals surface area contributed by atoms with Gasteiger partial charge in [-0.05, 0) is 66.2 Å². The van der Waals surface area contributed by atoms with Crippen molar-refractivity contribution in [2.45, 2.75) is 58.3 Å². The van der Waals surface area contributed by atoms with Gasteiger partial charge in [0.25, 0.3) is 0 Å². The fraction of sp³-hybridized carbons (Fsp3) is 0.619. The van der Waals surface area contributed by atoms with Gasteiger partial charge in [0, 0.05) is 18.8 Å². The van der Waals surface area contributed by atoms with Crippen molar-refractivity contribution in [1.29, 1.82) is 0 Å². The van der Waals surface area contributed by atoms with Crippen LogP contribution in [-0.4, -0.2) is 20.2 Å². The Morgan fingerprint density at radius 3 is 2.26 bits per heavy atom. The summed E-state index contributed by atoms with van der Waals surface area (Å²) < 4.78 is 5.19. The van der Waals surface area contributed by atoms with E-state index in [-0.39, 0.29) is 5.41 Å². The van der Waals surface area contributed by atoms with Crippen molar-refractivity contribution in [3.63, 3.8) is 0 Å². The Balaban J connectivity index is 1.65. The molecule has 1 saturated heterocycles. The maximum absolute atomic E-state index is 5.19. The molecule has 2 fully saturated rings. The first-order valence-electron chi connectivity index (χ1n) is 8.98. The maximum atomic E-state index is 5.19. The second kappa shape index (κ2) is 6.22. The van der Waals surface area contributed by atoms with Crippen LogP contribution in [0.25, 0.3) is 0 Å². The van der Waals surface area contributed by atoms with E-state index in [0.29, 0.717) is 5.41 Å². The van der Waals surface area contributed by atoms with E-state index in [4.69, 9.17) is 4.74 Å². The highest BCUT2D eigenvalue weighted by molar-refractivity contribution is 5.50. The van der Waals surface area contributed by atoms with Gasteiger partial charge >= 0.3 is 0 Å². The molecule has 1 spiro atoms. The molecule has 0 unspecified atom stereocenters. The first-order chi connectivity index (χ1) is 10.9. The molecule has 1 aliphatic carbocycles. The number of rotatable bonds is 2. The van der Waals surface area contributed by atoms with Crippen molar-refractivity contribution >= 4 is 5.69 Å². The van der Waals surface area contributed by atoms with Gasteiger partial charge in [-0.15, -0.1) is 0 Å². The van der Waals surface area contributed by atoms with Gasteiger partial charge in [-0.25, -0.2) is 0 Å².